The van der Waals surface area contributed by atoms with Crippen molar-refractivity contribution in [3.63, 3.8) is 0 Å². The van der Waals surface area contributed by atoms with Gasteiger partial charge in [-0.15, -0.1) is 0 Å². The summed E-state index contributed by atoms with van der Waals surface area (Å²) in [6.45, 7) is 0. The number of carbonyl (C=O) groups excluding carboxylic acids is 1. The molecule has 3 aromatic rings. The van der Waals surface area contributed by atoms with Gasteiger partial charge in [0.05, 0.1) is 19.7 Å². The predicted molar refractivity (Wildman–Crippen MR) is 135 cm³/mol. The van der Waals surface area contributed by atoms with Crippen LogP contribution in [-0.2, 0) is 0 Å². The Balaban J connectivity index is 1.32. The summed E-state index contributed by atoms with van der Waals surface area (Å²) in [6, 6.07) is 13.5. The Morgan fingerprint density at radius 3 is 2.24 bits per heavy atom. The summed E-state index contributed by atoms with van der Waals surface area (Å²) in [4.78, 5) is 24.0. The molecule has 2 amide bonds. The van der Waals surface area contributed by atoms with Crippen LogP contribution in [0.5, 0.6) is 11.5 Å². The van der Waals surface area contributed by atoms with E-state index in [4.69, 9.17) is 19.4 Å². The molecule has 0 aliphatic heterocycles. The van der Waals surface area contributed by atoms with Crippen molar-refractivity contribution in [2.45, 2.75) is 37.8 Å². The van der Waals surface area contributed by atoms with Crippen molar-refractivity contribution in [2.75, 3.05) is 43.8 Å². The van der Waals surface area contributed by atoms with Gasteiger partial charge >= 0.3 is 6.03 Å². The standard InChI is InChI=1S/C25H32N6O3/c1-31(2)23-21-7-5-6-8-22(21)29-24(30-23)26-16-9-11-17(12-10-16)27-25(32)28-18-13-19(33-3)15-20(14-18)34-4/h5-8,13-17H,9-12H2,1-4H3,(H,26,29,30)(H2,27,28,32)/t16-,17+. The Labute approximate surface area is 199 Å². The molecule has 0 bridgehead atoms. The van der Waals surface area contributed by atoms with Crippen LogP contribution in [0, 0.1) is 0 Å². The topological polar surface area (TPSA) is 101 Å². The second kappa shape index (κ2) is 10.5. The predicted octanol–water partition coefficient (Wildman–Crippen LogP) is 4.26. The van der Waals surface area contributed by atoms with E-state index in [9.17, 15) is 4.79 Å². The highest BCUT2D eigenvalue weighted by molar-refractivity contribution is 5.91. The molecule has 1 heterocycles. The number of rotatable bonds is 7. The molecule has 9 nitrogen and oxygen atoms in total. The average molecular weight is 465 g/mol. The van der Waals surface area contributed by atoms with Crippen LogP contribution in [0.4, 0.5) is 22.2 Å². The number of hydrogen-bond donors (Lipinski definition) is 3. The van der Waals surface area contributed by atoms with Crippen molar-refractivity contribution in [3.05, 3.63) is 42.5 Å². The van der Waals surface area contributed by atoms with Crippen molar-refractivity contribution >= 4 is 34.4 Å². The average Bonchev–Trinajstić information content (AvgIpc) is 2.84. The third-order valence-electron chi connectivity index (χ3n) is 6.01. The highest BCUT2D eigenvalue weighted by atomic mass is 16.5. The number of hydrogen-bond acceptors (Lipinski definition) is 7. The van der Waals surface area contributed by atoms with Crippen LogP contribution < -0.4 is 30.3 Å². The van der Waals surface area contributed by atoms with E-state index in [-0.39, 0.29) is 18.1 Å². The second-order valence-electron chi connectivity index (χ2n) is 8.68. The van der Waals surface area contributed by atoms with Gasteiger partial charge in [0.1, 0.15) is 17.3 Å². The summed E-state index contributed by atoms with van der Waals surface area (Å²) in [5, 5.41) is 10.5. The van der Waals surface area contributed by atoms with Gasteiger partial charge in [0.2, 0.25) is 5.95 Å². The van der Waals surface area contributed by atoms with Crippen LogP contribution in [0.1, 0.15) is 25.7 Å². The minimum absolute atomic E-state index is 0.111. The number of benzene rings is 2. The fraction of sp³-hybridized carbons (Fsp3) is 0.400. The van der Waals surface area contributed by atoms with Crippen molar-refractivity contribution in [1.29, 1.82) is 0 Å². The van der Waals surface area contributed by atoms with E-state index in [1.165, 1.54) is 0 Å². The number of ether oxygens (including phenoxy) is 2. The van der Waals surface area contributed by atoms with E-state index < -0.39 is 0 Å². The number of amides is 2. The number of para-hydroxylation sites is 1. The number of aromatic nitrogens is 2. The lowest BCUT2D eigenvalue weighted by Gasteiger charge is -2.30. The molecular formula is C25H32N6O3. The molecule has 1 saturated carbocycles. The minimum Gasteiger partial charge on any atom is -0.497 e. The van der Waals surface area contributed by atoms with Gasteiger partial charge in [-0.25, -0.2) is 9.78 Å². The Bertz CT molecular complexity index is 1120. The van der Waals surface area contributed by atoms with Crippen LogP contribution in [0.2, 0.25) is 0 Å². The smallest absolute Gasteiger partial charge is 0.319 e. The Morgan fingerprint density at radius 2 is 1.59 bits per heavy atom. The van der Waals surface area contributed by atoms with Crippen molar-refractivity contribution in [1.82, 2.24) is 15.3 Å². The maximum atomic E-state index is 12.5. The van der Waals surface area contributed by atoms with Crippen molar-refractivity contribution in [2.24, 2.45) is 0 Å². The van der Waals surface area contributed by atoms with Gasteiger partial charge < -0.3 is 30.3 Å². The third-order valence-corrected chi connectivity index (χ3v) is 6.01. The van der Waals surface area contributed by atoms with E-state index >= 15 is 0 Å². The van der Waals surface area contributed by atoms with Crippen molar-refractivity contribution in [3.8, 4) is 11.5 Å². The highest BCUT2D eigenvalue weighted by Crippen LogP contribution is 2.27. The molecule has 0 saturated heterocycles. The normalized spacial score (nSPS) is 17.6. The number of urea groups is 1. The van der Waals surface area contributed by atoms with Gasteiger partial charge in [-0.3, -0.25) is 0 Å². The molecule has 0 atom stereocenters. The lowest BCUT2D eigenvalue weighted by atomic mass is 9.91. The molecule has 1 aromatic heterocycles. The van der Waals surface area contributed by atoms with Crippen molar-refractivity contribution < 1.29 is 14.3 Å². The van der Waals surface area contributed by atoms with Gasteiger partial charge in [-0.2, -0.15) is 4.98 Å². The summed E-state index contributed by atoms with van der Waals surface area (Å²) in [5.41, 5.74) is 1.54. The zero-order chi connectivity index (χ0) is 24.1. The molecule has 34 heavy (non-hydrogen) atoms. The first-order valence-electron chi connectivity index (χ1n) is 11.5. The van der Waals surface area contributed by atoms with Gasteiger partial charge in [-0.1, -0.05) is 12.1 Å². The maximum Gasteiger partial charge on any atom is 0.319 e. The van der Waals surface area contributed by atoms with Gasteiger partial charge in [0.25, 0.3) is 0 Å². The van der Waals surface area contributed by atoms with Crippen LogP contribution in [0.15, 0.2) is 42.5 Å². The van der Waals surface area contributed by atoms with E-state index in [2.05, 4.69) is 16.0 Å². The van der Waals surface area contributed by atoms with Crippen LogP contribution >= 0.6 is 0 Å². The summed E-state index contributed by atoms with van der Waals surface area (Å²) >= 11 is 0. The first-order chi connectivity index (χ1) is 16.4. The number of nitrogens with zero attached hydrogens (tertiary/aromatic N) is 3. The lowest BCUT2D eigenvalue weighted by molar-refractivity contribution is 0.243. The molecule has 1 aliphatic carbocycles. The van der Waals surface area contributed by atoms with Crippen LogP contribution in [0.3, 0.4) is 0 Å². The number of nitrogens with one attached hydrogen (secondary N) is 3. The summed E-state index contributed by atoms with van der Waals surface area (Å²) in [6.07, 6.45) is 3.60. The summed E-state index contributed by atoms with van der Waals surface area (Å²) in [5.74, 6) is 2.78. The van der Waals surface area contributed by atoms with E-state index in [0.29, 0.717) is 23.1 Å². The number of carbonyl (C=O) groups is 1. The quantitative estimate of drug-likeness (QED) is 0.480. The largest absolute Gasteiger partial charge is 0.497 e. The first kappa shape index (κ1) is 23.4. The van der Waals surface area contributed by atoms with Gasteiger partial charge in [0.15, 0.2) is 0 Å². The molecule has 1 fully saturated rings. The van der Waals surface area contributed by atoms with E-state index in [1.54, 1.807) is 32.4 Å². The zero-order valence-corrected chi connectivity index (χ0v) is 20.1. The molecule has 0 spiro atoms. The fourth-order valence-corrected chi connectivity index (χ4v) is 4.26. The number of fused-ring (bicyclic) bond motifs is 1. The minimum atomic E-state index is -0.236. The van der Waals surface area contributed by atoms with Crippen LogP contribution in [0.25, 0.3) is 10.9 Å². The Kier molecular flexibility index (Phi) is 7.20. The summed E-state index contributed by atoms with van der Waals surface area (Å²) in [7, 11) is 7.13. The highest BCUT2D eigenvalue weighted by Gasteiger charge is 2.23. The molecule has 9 heteroatoms. The number of methoxy groups -OCH3 is 2. The van der Waals surface area contributed by atoms with Crippen LogP contribution in [-0.4, -0.2) is 56.4 Å². The molecule has 3 N–H and O–H groups in total. The monoisotopic (exact) mass is 464 g/mol. The van der Waals surface area contributed by atoms with Gasteiger partial charge in [0, 0.05) is 55.5 Å². The molecule has 180 valence electrons. The molecule has 0 radical (unpaired) electrons. The SMILES string of the molecule is COc1cc(NC(=O)N[C@H]2CC[C@@H](Nc3nc(N(C)C)c4ccccc4n3)CC2)cc(OC)c1. The Morgan fingerprint density at radius 1 is 0.941 bits per heavy atom. The zero-order valence-electron chi connectivity index (χ0n) is 20.1. The molecule has 4 rings (SSSR count). The van der Waals surface area contributed by atoms with E-state index in [1.807, 2.05) is 43.3 Å². The fourth-order valence-electron chi connectivity index (χ4n) is 4.26. The molecular weight excluding hydrogens is 432 g/mol. The molecule has 2 aromatic carbocycles. The maximum absolute atomic E-state index is 12.5. The second-order valence-corrected chi connectivity index (χ2v) is 8.68. The molecule has 1 aliphatic rings. The van der Waals surface area contributed by atoms with Gasteiger partial charge in [-0.05, 0) is 37.8 Å². The van der Waals surface area contributed by atoms with E-state index in [0.717, 1.165) is 42.4 Å². The third kappa shape index (κ3) is 5.59. The molecule has 0 unspecified atom stereocenters. The number of anilines is 3. The summed E-state index contributed by atoms with van der Waals surface area (Å²) < 4.78 is 10.5. The Hall–Kier alpha value is -3.75. The lowest BCUT2D eigenvalue weighted by Crippen LogP contribution is -2.42. The first-order valence-corrected chi connectivity index (χ1v) is 11.5.